The summed E-state index contributed by atoms with van der Waals surface area (Å²) in [5.41, 5.74) is 1.94. The van der Waals surface area contributed by atoms with E-state index in [1.54, 1.807) is 24.0 Å². The molecule has 1 aromatic heterocycles. The molecule has 26 heavy (non-hydrogen) atoms. The van der Waals surface area contributed by atoms with E-state index >= 15 is 0 Å². The van der Waals surface area contributed by atoms with Crippen LogP contribution in [0.3, 0.4) is 0 Å². The highest BCUT2D eigenvalue weighted by atomic mass is 79.9. The molecule has 4 rings (SSSR count). The first-order valence-electron chi connectivity index (χ1n) is 8.17. The minimum absolute atomic E-state index is 0.0818. The van der Waals surface area contributed by atoms with Crippen LogP contribution in [-0.2, 0) is 4.79 Å². The number of aryl methyl sites for hydroxylation is 1. The Morgan fingerprint density at radius 3 is 2.73 bits per heavy atom. The van der Waals surface area contributed by atoms with E-state index in [0.29, 0.717) is 29.5 Å². The minimum atomic E-state index is -0.325. The van der Waals surface area contributed by atoms with Gasteiger partial charge in [-0.3, -0.25) is 4.79 Å². The van der Waals surface area contributed by atoms with Gasteiger partial charge in [-0.15, -0.1) is 0 Å². The van der Waals surface area contributed by atoms with Gasteiger partial charge in [0.25, 0.3) is 0 Å². The molecule has 1 amide bonds. The van der Waals surface area contributed by atoms with Crippen molar-refractivity contribution in [1.29, 1.82) is 0 Å². The van der Waals surface area contributed by atoms with Crippen LogP contribution in [0.1, 0.15) is 23.8 Å². The van der Waals surface area contributed by atoms with Crippen molar-refractivity contribution in [1.82, 2.24) is 10.1 Å². The summed E-state index contributed by atoms with van der Waals surface area (Å²) in [5, 5.41) is 4.02. The monoisotopic (exact) mass is 415 g/mol. The number of aromatic nitrogens is 2. The van der Waals surface area contributed by atoms with Gasteiger partial charge >= 0.3 is 0 Å². The van der Waals surface area contributed by atoms with Crippen molar-refractivity contribution in [2.45, 2.75) is 19.3 Å². The smallest absolute Gasteiger partial charge is 0.232 e. The molecule has 2 heterocycles. The fourth-order valence-electron chi connectivity index (χ4n) is 2.99. The number of rotatable bonds is 3. The first-order valence-corrected chi connectivity index (χ1v) is 8.96. The van der Waals surface area contributed by atoms with Crippen molar-refractivity contribution in [2.75, 3.05) is 11.4 Å². The van der Waals surface area contributed by atoms with Gasteiger partial charge in [0.1, 0.15) is 5.82 Å². The SMILES string of the molecule is Cc1ccc(N2C[C@H](c3nc(-c4ccc(Br)cc4)no3)CC2=O)cc1F. The Morgan fingerprint density at radius 2 is 2.00 bits per heavy atom. The summed E-state index contributed by atoms with van der Waals surface area (Å²) in [7, 11) is 0. The number of hydrogen-bond donors (Lipinski definition) is 0. The van der Waals surface area contributed by atoms with Crippen molar-refractivity contribution >= 4 is 27.5 Å². The molecule has 0 radical (unpaired) electrons. The molecule has 7 heteroatoms. The van der Waals surface area contributed by atoms with Crippen LogP contribution in [0.25, 0.3) is 11.4 Å². The lowest BCUT2D eigenvalue weighted by Crippen LogP contribution is -2.24. The lowest BCUT2D eigenvalue weighted by molar-refractivity contribution is -0.117. The van der Waals surface area contributed by atoms with E-state index in [9.17, 15) is 9.18 Å². The van der Waals surface area contributed by atoms with Gasteiger partial charge < -0.3 is 9.42 Å². The molecule has 5 nitrogen and oxygen atoms in total. The molecule has 1 saturated heterocycles. The summed E-state index contributed by atoms with van der Waals surface area (Å²) in [6.07, 6.45) is 0.261. The van der Waals surface area contributed by atoms with Gasteiger partial charge in [-0.1, -0.05) is 27.2 Å². The number of carbonyl (C=O) groups is 1. The van der Waals surface area contributed by atoms with Crippen LogP contribution in [0, 0.1) is 12.7 Å². The predicted octanol–water partition coefficient (Wildman–Crippen LogP) is 4.47. The third-order valence-corrected chi connectivity index (χ3v) is 5.01. The van der Waals surface area contributed by atoms with Gasteiger partial charge in [0, 0.05) is 28.7 Å². The van der Waals surface area contributed by atoms with Crippen LogP contribution < -0.4 is 4.90 Å². The second-order valence-electron chi connectivity index (χ2n) is 6.30. The Morgan fingerprint density at radius 1 is 1.23 bits per heavy atom. The van der Waals surface area contributed by atoms with Crippen LogP contribution in [-0.4, -0.2) is 22.6 Å². The second kappa shape index (κ2) is 6.64. The van der Waals surface area contributed by atoms with Crippen LogP contribution in [0.2, 0.25) is 0 Å². The molecule has 2 aromatic carbocycles. The van der Waals surface area contributed by atoms with E-state index in [1.165, 1.54) is 6.07 Å². The maximum Gasteiger partial charge on any atom is 0.232 e. The maximum absolute atomic E-state index is 13.8. The Bertz CT molecular complexity index is 971. The number of anilines is 1. The molecule has 0 N–H and O–H groups in total. The fraction of sp³-hybridized carbons (Fsp3) is 0.211. The van der Waals surface area contributed by atoms with E-state index in [1.807, 2.05) is 24.3 Å². The standard InChI is InChI=1S/C19H15BrFN3O2/c1-11-2-7-15(9-16(11)21)24-10-13(8-17(24)25)19-22-18(23-26-19)12-3-5-14(20)6-4-12/h2-7,9,13H,8,10H2,1H3/t13-/m1/s1. The van der Waals surface area contributed by atoms with E-state index in [0.717, 1.165) is 10.0 Å². The molecular formula is C19H15BrFN3O2. The molecule has 1 atom stereocenters. The molecule has 1 aliphatic heterocycles. The quantitative estimate of drug-likeness (QED) is 0.633. The zero-order chi connectivity index (χ0) is 18.3. The number of amides is 1. The topological polar surface area (TPSA) is 59.2 Å². The third-order valence-electron chi connectivity index (χ3n) is 4.49. The highest BCUT2D eigenvalue weighted by molar-refractivity contribution is 9.10. The summed E-state index contributed by atoms with van der Waals surface area (Å²) in [6, 6.07) is 12.4. The van der Waals surface area contributed by atoms with Crippen molar-refractivity contribution in [2.24, 2.45) is 0 Å². The average molecular weight is 416 g/mol. The summed E-state index contributed by atoms with van der Waals surface area (Å²) < 4.78 is 20.2. The third kappa shape index (κ3) is 3.14. The van der Waals surface area contributed by atoms with E-state index < -0.39 is 0 Å². The summed E-state index contributed by atoms with van der Waals surface area (Å²) in [5.74, 6) is 0.297. The molecule has 0 aliphatic carbocycles. The van der Waals surface area contributed by atoms with E-state index in [-0.39, 0.29) is 24.1 Å². The zero-order valence-electron chi connectivity index (χ0n) is 13.9. The Hall–Kier alpha value is -2.54. The molecule has 0 unspecified atom stereocenters. The second-order valence-corrected chi connectivity index (χ2v) is 7.22. The van der Waals surface area contributed by atoms with Crippen molar-refractivity contribution < 1.29 is 13.7 Å². The Kier molecular flexibility index (Phi) is 4.32. The zero-order valence-corrected chi connectivity index (χ0v) is 15.5. The lowest BCUT2D eigenvalue weighted by atomic mass is 10.1. The molecule has 0 saturated carbocycles. The number of nitrogens with zero attached hydrogens (tertiary/aromatic N) is 3. The Balaban J connectivity index is 1.55. The van der Waals surface area contributed by atoms with Crippen LogP contribution in [0.15, 0.2) is 51.5 Å². The van der Waals surface area contributed by atoms with Gasteiger partial charge in [0.05, 0.1) is 5.92 Å². The Labute approximate surface area is 158 Å². The number of hydrogen-bond acceptors (Lipinski definition) is 4. The predicted molar refractivity (Wildman–Crippen MR) is 98.3 cm³/mol. The van der Waals surface area contributed by atoms with Crippen LogP contribution in [0.4, 0.5) is 10.1 Å². The maximum atomic E-state index is 13.8. The van der Waals surface area contributed by atoms with Crippen molar-refractivity contribution in [3.8, 4) is 11.4 Å². The lowest BCUT2D eigenvalue weighted by Gasteiger charge is -2.16. The number of carbonyl (C=O) groups excluding carboxylic acids is 1. The minimum Gasteiger partial charge on any atom is -0.339 e. The largest absolute Gasteiger partial charge is 0.339 e. The van der Waals surface area contributed by atoms with Gasteiger partial charge in [0.2, 0.25) is 17.6 Å². The molecule has 3 aromatic rings. The molecule has 1 fully saturated rings. The number of halogens is 2. The van der Waals surface area contributed by atoms with Crippen molar-refractivity contribution in [3.63, 3.8) is 0 Å². The first-order chi connectivity index (χ1) is 12.5. The molecular weight excluding hydrogens is 401 g/mol. The highest BCUT2D eigenvalue weighted by Gasteiger charge is 2.35. The average Bonchev–Trinajstić information content (AvgIpc) is 3.25. The molecule has 1 aliphatic rings. The van der Waals surface area contributed by atoms with Gasteiger partial charge in [0.15, 0.2) is 0 Å². The summed E-state index contributed by atoms with van der Waals surface area (Å²) >= 11 is 3.39. The van der Waals surface area contributed by atoms with Gasteiger partial charge in [-0.2, -0.15) is 4.98 Å². The summed E-state index contributed by atoms with van der Waals surface area (Å²) in [6.45, 7) is 2.08. The van der Waals surface area contributed by atoms with E-state index in [4.69, 9.17) is 4.52 Å². The van der Waals surface area contributed by atoms with Gasteiger partial charge in [-0.25, -0.2) is 4.39 Å². The highest BCUT2D eigenvalue weighted by Crippen LogP contribution is 2.32. The van der Waals surface area contributed by atoms with Gasteiger partial charge in [-0.05, 0) is 48.9 Å². The molecule has 0 spiro atoms. The van der Waals surface area contributed by atoms with Crippen LogP contribution >= 0.6 is 15.9 Å². The fourth-order valence-corrected chi connectivity index (χ4v) is 3.25. The first kappa shape index (κ1) is 16.9. The van der Waals surface area contributed by atoms with E-state index in [2.05, 4.69) is 26.1 Å². The van der Waals surface area contributed by atoms with Crippen LogP contribution in [0.5, 0.6) is 0 Å². The normalized spacial score (nSPS) is 17.1. The van der Waals surface area contributed by atoms with Crippen molar-refractivity contribution in [3.05, 3.63) is 64.2 Å². The summed E-state index contributed by atoms with van der Waals surface area (Å²) in [4.78, 5) is 18.4. The molecule has 0 bridgehead atoms. The number of benzene rings is 2. The molecule has 132 valence electrons.